The molecule has 0 radical (unpaired) electrons. The summed E-state index contributed by atoms with van der Waals surface area (Å²) in [5.74, 6) is 0.961. The first kappa shape index (κ1) is 18.7. The summed E-state index contributed by atoms with van der Waals surface area (Å²) in [7, 11) is 1.83. The Kier molecular flexibility index (Phi) is 8.24. The van der Waals surface area contributed by atoms with Crippen LogP contribution in [0.15, 0.2) is 24.3 Å². The number of benzene rings is 1. The second-order valence-corrected chi connectivity index (χ2v) is 5.22. The van der Waals surface area contributed by atoms with Crippen molar-refractivity contribution in [3.63, 3.8) is 0 Å². The summed E-state index contributed by atoms with van der Waals surface area (Å²) in [6.07, 6.45) is 0.466. The van der Waals surface area contributed by atoms with Crippen LogP contribution in [-0.4, -0.2) is 50.3 Å². The summed E-state index contributed by atoms with van der Waals surface area (Å²) in [4.78, 5) is 14.0. The summed E-state index contributed by atoms with van der Waals surface area (Å²) in [5, 5.41) is 3.30. The molecule has 1 atom stereocenters. The van der Waals surface area contributed by atoms with Gasteiger partial charge in [-0.2, -0.15) is 0 Å². The highest BCUT2D eigenvalue weighted by Crippen LogP contribution is 2.19. The highest BCUT2D eigenvalue weighted by molar-refractivity contribution is 5.85. The first-order chi connectivity index (χ1) is 10.2. The summed E-state index contributed by atoms with van der Waals surface area (Å²) < 4.78 is 11.0. The second-order valence-electron chi connectivity index (χ2n) is 5.22. The van der Waals surface area contributed by atoms with Gasteiger partial charge in [0.1, 0.15) is 5.75 Å². The Labute approximate surface area is 138 Å². The van der Waals surface area contributed by atoms with E-state index in [1.165, 1.54) is 0 Å². The van der Waals surface area contributed by atoms with Gasteiger partial charge in [-0.1, -0.05) is 18.2 Å². The Morgan fingerprint density at radius 3 is 2.91 bits per heavy atom. The first-order valence-corrected chi connectivity index (χ1v) is 7.46. The SMILES string of the molecule is CCOc1ccccc1CN(C)C(=O)CC1COCCN1.Cl. The molecule has 0 spiro atoms. The number of hydrogen-bond donors (Lipinski definition) is 1. The van der Waals surface area contributed by atoms with Gasteiger partial charge in [-0.15, -0.1) is 12.4 Å². The molecule has 1 aromatic rings. The van der Waals surface area contributed by atoms with E-state index in [4.69, 9.17) is 9.47 Å². The van der Waals surface area contributed by atoms with Crippen molar-refractivity contribution < 1.29 is 14.3 Å². The summed E-state index contributed by atoms with van der Waals surface area (Å²) in [6.45, 7) is 5.28. The first-order valence-electron chi connectivity index (χ1n) is 7.46. The maximum atomic E-state index is 12.3. The predicted molar refractivity (Wildman–Crippen MR) is 88.6 cm³/mol. The van der Waals surface area contributed by atoms with Gasteiger partial charge in [-0.3, -0.25) is 4.79 Å². The lowest BCUT2D eigenvalue weighted by Crippen LogP contribution is -2.44. The number of rotatable bonds is 6. The third-order valence-corrected chi connectivity index (χ3v) is 3.53. The monoisotopic (exact) mass is 328 g/mol. The third-order valence-electron chi connectivity index (χ3n) is 3.53. The van der Waals surface area contributed by atoms with Crippen LogP contribution >= 0.6 is 12.4 Å². The van der Waals surface area contributed by atoms with Gasteiger partial charge in [0.25, 0.3) is 0 Å². The van der Waals surface area contributed by atoms with Crippen LogP contribution in [0.2, 0.25) is 0 Å². The van der Waals surface area contributed by atoms with Crippen molar-refractivity contribution in [3.8, 4) is 5.75 Å². The molecule has 1 aliphatic heterocycles. The Balaban J connectivity index is 0.00000242. The number of carbonyl (C=O) groups excluding carboxylic acids is 1. The quantitative estimate of drug-likeness (QED) is 0.866. The summed E-state index contributed by atoms with van der Waals surface area (Å²) in [5.41, 5.74) is 1.03. The highest BCUT2D eigenvalue weighted by atomic mass is 35.5. The minimum absolute atomic E-state index is 0. The van der Waals surface area contributed by atoms with E-state index in [0.29, 0.717) is 26.2 Å². The molecule has 0 aromatic heterocycles. The van der Waals surface area contributed by atoms with E-state index in [-0.39, 0.29) is 24.4 Å². The number of morpholine rings is 1. The molecule has 1 N–H and O–H groups in total. The zero-order chi connectivity index (χ0) is 15.1. The fourth-order valence-electron chi connectivity index (χ4n) is 2.39. The highest BCUT2D eigenvalue weighted by Gasteiger charge is 2.19. The molecule has 0 bridgehead atoms. The average molecular weight is 329 g/mol. The number of ether oxygens (including phenoxy) is 2. The number of nitrogens with one attached hydrogen (secondary N) is 1. The lowest BCUT2D eigenvalue weighted by atomic mass is 10.1. The largest absolute Gasteiger partial charge is 0.494 e. The fraction of sp³-hybridized carbons (Fsp3) is 0.562. The molecular weight excluding hydrogens is 304 g/mol. The molecule has 1 heterocycles. The van der Waals surface area contributed by atoms with Crippen LogP contribution in [0.4, 0.5) is 0 Å². The van der Waals surface area contributed by atoms with E-state index < -0.39 is 0 Å². The molecule has 0 saturated carbocycles. The van der Waals surface area contributed by atoms with E-state index in [1.807, 2.05) is 38.2 Å². The van der Waals surface area contributed by atoms with E-state index in [0.717, 1.165) is 24.5 Å². The van der Waals surface area contributed by atoms with Gasteiger partial charge in [0, 0.05) is 38.2 Å². The number of para-hydroxylation sites is 1. The van der Waals surface area contributed by atoms with Crippen molar-refractivity contribution in [3.05, 3.63) is 29.8 Å². The van der Waals surface area contributed by atoms with Gasteiger partial charge < -0.3 is 19.7 Å². The molecule has 1 unspecified atom stereocenters. The van der Waals surface area contributed by atoms with Gasteiger partial charge in [0.05, 0.1) is 19.8 Å². The molecule has 1 aliphatic rings. The number of carbonyl (C=O) groups is 1. The molecule has 124 valence electrons. The van der Waals surface area contributed by atoms with Gasteiger partial charge in [0.2, 0.25) is 5.91 Å². The molecule has 1 saturated heterocycles. The van der Waals surface area contributed by atoms with Gasteiger partial charge >= 0.3 is 0 Å². The number of amides is 1. The van der Waals surface area contributed by atoms with Crippen molar-refractivity contribution in [1.29, 1.82) is 0 Å². The van der Waals surface area contributed by atoms with Crippen LogP contribution in [-0.2, 0) is 16.1 Å². The topological polar surface area (TPSA) is 50.8 Å². The molecule has 2 rings (SSSR count). The van der Waals surface area contributed by atoms with E-state index in [9.17, 15) is 4.79 Å². The molecule has 1 fully saturated rings. The lowest BCUT2D eigenvalue weighted by Gasteiger charge is -2.26. The smallest absolute Gasteiger partial charge is 0.224 e. The predicted octanol–water partition coefficient (Wildman–Crippen LogP) is 1.84. The maximum Gasteiger partial charge on any atom is 0.224 e. The van der Waals surface area contributed by atoms with E-state index >= 15 is 0 Å². The van der Waals surface area contributed by atoms with E-state index in [1.54, 1.807) is 4.90 Å². The van der Waals surface area contributed by atoms with Crippen LogP contribution in [0.25, 0.3) is 0 Å². The van der Waals surface area contributed by atoms with Crippen molar-refractivity contribution in [2.45, 2.75) is 25.9 Å². The van der Waals surface area contributed by atoms with Gasteiger partial charge in [-0.05, 0) is 13.0 Å². The number of hydrogen-bond acceptors (Lipinski definition) is 4. The average Bonchev–Trinajstić information content (AvgIpc) is 2.50. The molecular formula is C16H25ClN2O3. The zero-order valence-electron chi connectivity index (χ0n) is 13.2. The van der Waals surface area contributed by atoms with E-state index in [2.05, 4.69) is 5.32 Å². The number of nitrogens with zero attached hydrogens (tertiary/aromatic N) is 1. The van der Waals surface area contributed by atoms with Gasteiger partial charge in [-0.25, -0.2) is 0 Å². The normalized spacial score (nSPS) is 17.5. The Morgan fingerprint density at radius 1 is 1.45 bits per heavy atom. The van der Waals surface area contributed by atoms with Crippen molar-refractivity contribution in [2.75, 3.05) is 33.4 Å². The molecule has 6 heteroatoms. The molecule has 0 aliphatic carbocycles. The fourth-order valence-corrected chi connectivity index (χ4v) is 2.39. The standard InChI is InChI=1S/C16H24N2O3.ClH/c1-3-21-15-7-5-4-6-13(15)11-18(2)16(19)10-14-12-20-9-8-17-14;/h4-7,14,17H,3,8-12H2,1-2H3;1H. The Hall–Kier alpha value is -1.30. The van der Waals surface area contributed by atoms with Crippen molar-refractivity contribution in [2.24, 2.45) is 0 Å². The maximum absolute atomic E-state index is 12.3. The minimum Gasteiger partial charge on any atom is -0.494 e. The van der Waals surface area contributed by atoms with Crippen LogP contribution in [0.5, 0.6) is 5.75 Å². The minimum atomic E-state index is 0. The summed E-state index contributed by atoms with van der Waals surface area (Å²) >= 11 is 0. The van der Waals surface area contributed by atoms with Crippen molar-refractivity contribution in [1.82, 2.24) is 10.2 Å². The third kappa shape index (κ3) is 5.48. The van der Waals surface area contributed by atoms with Crippen LogP contribution in [0.1, 0.15) is 18.9 Å². The zero-order valence-corrected chi connectivity index (χ0v) is 14.0. The Bertz CT molecular complexity index is 464. The Morgan fingerprint density at radius 2 is 2.23 bits per heavy atom. The molecule has 1 amide bonds. The number of halogens is 1. The molecule has 22 heavy (non-hydrogen) atoms. The van der Waals surface area contributed by atoms with Crippen LogP contribution in [0, 0.1) is 0 Å². The second kappa shape index (κ2) is 9.66. The van der Waals surface area contributed by atoms with Crippen LogP contribution < -0.4 is 10.1 Å². The molecule has 5 nitrogen and oxygen atoms in total. The van der Waals surface area contributed by atoms with Crippen LogP contribution in [0.3, 0.4) is 0 Å². The lowest BCUT2D eigenvalue weighted by molar-refractivity contribution is -0.131. The van der Waals surface area contributed by atoms with Crippen molar-refractivity contribution >= 4 is 18.3 Å². The molecule has 1 aromatic carbocycles. The van der Waals surface area contributed by atoms with Gasteiger partial charge in [0.15, 0.2) is 0 Å². The summed E-state index contributed by atoms with van der Waals surface area (Å²) in [6, 6.07) is 7.97.